The highest BCUT2D eigenvalue weighted by atomic mass is 16.5. The Labute approximate surface area is 118 Å². The third kappa shape index (κ3) is 4.99. The van der Waals surface area contributed by atoms with Gasteiger partial charge < -0.3 is 21.1 Å². The maximum absolute atomic E-state index is 11.8. The lowest BCUT2D eigenvalue weighted by molar-refractivity contribution is -0.124. The average Bonchev–Trinajstić information content (AvgIpc) is 2.38. The van der Waals surface area contributed by atoms with Crippen LogP contribution in [0.15, 0.2) is 24.3 Å². The molecular weight excluding hydrogens is 258 g/mol. The number of benzene rings is 1. The molecule has 0 aromatic heterocycles. The van der Waals surface area contributed by atoms with Crippen molar-refractivity contribution in [3.8, 4) is 0 Å². The first-order valence-electron chi connectivity index (χ1n) is 6.36. The molecule has 0 aliphatic rings. The Morgan fingerprint density at radius 3 is 2.70 bits per heavy atom. The van der Waals surface area contributed by atoms with Crippen molar-refractivity contribution in [1.29, 1.82) is 0 Å². The number of carbonyl (C=O) groups is 2. The van der Waals surface area contributed by atoms with E-state index in [1.807, 2.05) is 25.1 Å². The highest BCUT2D eigenvalue weighted by molar-refractivity contribution is 5.88. The van der Waals surface area contributed by atoms with Crippen molar-refractivity contribution in [3.63, 3.8) is 0 Å². The SMILES string of the molecule is COCC(N)C(=O)NC(C)c1cccc(NC(C)=O)c1. The van der Waals surface area contributed by atoms with Crippen LogP contribution in [0, 0.1) is 0 Å². The summed E-state index contributed by atoms with van der Waals surface area (Å²) in [5.41, 5.74) is 7.23. The van der Waals surface area contributed by atoms with E-state index in [0.29, 0.717) is 5.69 Å². The summed E-state index contributed by atoms with van der Waals surface area (Å²) in [6, 6.07) is 6.39. The van der Waals surface area contributed by atoms with E-state index < -0.39 is 6.04 Å². The summed E-state index contributed by atoms with van der Waals surface area (Å²) in [7, 11) is 1.49. The van der Waals surface area contributed by atoms with Crippen molar-refractivity contribution >= 4 is 17.5 Å². The number of rotatable bonds is 6. The minimum atomic E-state index is -0.694. The van der Waals surface area contributed by atoms with Gasteiger partial charge in [-0.15, -0.1) is 0 Å². The summed E-state index contributed by atoms with van der Waals surface area (Å²) in [6.07, 6.45) is 0. The van der Waals surface area contributed by atoms with Gasteiger partial charge in [-0.1, -0.05) is 12.1 Å². The first-order valence-corrected chi connectivity index (χ1v) is 6.36. The van der Waals surface area contributed by atoms with E-state index in [2.05, 4.69) is 10.6 Å². The molecule has 20 heavy (non-hydrogen) atoms. The molecule has 110 valence electrons. The zero-order valence-corrected chi connectivity index (χ0v) is 12.0. The number of hydrogen-bond donors (Lipinski definition) is 3. The summed E-state index contributed by atoms with van der Waals surface area (Å²) >= 11 is 0. The van der Waals surface area contributed by atoms with Gasteiger partial charge in [0.05, 0.1) is 12.6 Å². The number of carbonyl (C=O) groups excluding carboxylic acids is 2. The second-order valence-corrected chi connectivity index (χ2v) is 4.60. The first-order chi connectivity index (χ1) is 9.43. The minimum absolute atomic E-state index is 0.138. The highest BCUT2D eigenvalue weighted by Crippen LogP contribution is 2.17. The molecule has 0 heterocycles. The van der Waals surface area contributed by atoms with Gasteiger partial charge in [0.25, 0.3) is 0 Å². The Morgan fingerprint density at radius 1 is 1.40 bits per heavy atom. The number of hydrogen-bond acceptors (Lipinski definition) is 4. The van der Waals surface area contributed by atoms with Gasteiger partial charge in [0.15, 0.2) is 0 Å². The fourth-order valence-electron chi connectivity index (χ4n) is 1.75. The summed E-state index contributed by atoms with van der Waals surface area (Å²) in [6.45, 7) is 3.47. The van der Waals surface area contributed by atoms with Crippen molar-refractivity contribution in [2.24, 2.45) is 5.73 Å². The molecule has 0 spiro atoms. The van der Waals surface area contributed by atoms with Crippen LogP contribution >= 0.6 is 0 Å². The van der Waals surface area contributed by atoms with Crippen LogP contribution < -0.4 is 16.4 Å². The second kappa shape index (κ2) is 7.62. The average molecular weight is 279 g/mol. The Morgan fingerprint density at radius 2 is 2.10 bits per heavy atom. The largest absolute Gasteiger partial charge is 0.383 e. The zero-order valence-electron chi connectivity index (χ0n) is 12.0. The van der Waals surface area contributed by atoms with Crippen LogP contribution in [0.2, 0.25) is 0 Å². The highest BCUT2D eigenvalue weighted by Gasteiger charge is 2.16. The van der Waals surface area contributed by atoms with Gasteiger partial charge in [-0.05, 0) is 24.6 Å². The summed E-state index contributed by atoms with van der Waals surface area (Å²) in [5.74, 6) is -0.412. The standard InChI is InChI=1S/C14H21N3O3/c1-9(16-14(19)13(15)8-20-3)11-5-4-6-12(7-11)17-10(2)18/h4-7,9,13H,8,15H2,1-3H3,(H,16,19)(H,17,18). The van der Waals surface area contributed by atoms with Crippen molar-refractivity contribution in [1.82, 2.24) is 5.32 Å². The van der Waals surface area contributed by atoms with E-state index in [0.717, 1.165) is 5.56 Å². The fraction of sp³-hybridized carbons (Fsp3) is 0.429. The van der Waals surface area contributed by atoms with E-state index in [1.165, 1.54) is 14.0 Å². The van der Waals surface area contributed by atoms with Crippen molar-refractivity contribution in [2.75, 3.05) is 19.0 Å². The second-order valence-electron chi connectivity index (χ2n) is 4.60. The number of nitrogens with one attached hydrogen (secondary N) is 2. The Kier molecular flexibility index (Phi) is 6.14. The van der Waals surface area contributed by atoms with Crippen LogP contribution in [0.5, 0.6) is 0 Å². The van der Waals surface area contributed by atoms with Crippen molar-refractivity contribution < 1.29 is 14.3 Å². The van der Waals surface area contributed by atoms with Crippen LogP contribution in [0.1, 0.15) is 25.5 Å². The molecule has 6 heteroatoms. The van der Waals surface area contributed by atoms with Crippen molar-refractivity contribution in [2.45, 2.75) is 25.9 Å². The van der Waals surface area contributed by atoms with Gasteiger partial charge in [-0.3, -0.25) is 9.59 Å². The van der Waals surface area contributed by atoms with Gasteiger partial charge in [-0.25, -0.2) is 0 Å². The Balaban J connectivity index is 2.69. The molecule has 0 saturated carbocycles. The van der Waals surface area contributed by atoms with Gasteiger partial charge in [0.1, 0.15) is 6.04 Å². The zero-order chi connectivity index (χ0) is 15.1. The minimum Gasteiger partial charge on any atom is -0.383 e. The quantitative estimate of drug-likeness (QED) is 0.718. The van der Waals surface area contributed by atoms with Gasteiger partial charge in [0.2, 0.25) is 11.8 Å². The predicted octanol–water partition coefficient (Wildman–Crippen LogP) is 0.796. The molecular formula is C14H21N3O3. The molecule has 2 amide bonds. The lowest BCUT2D eigenvalue weighted by Gasteiger charge is -2.18. The smallest absolute Gasteiger partial charge is 0.239 e. The molecule has 2 unspecified atom stereocenters. The maximum Gasteiger partial charge on any atom is 0.239 e. The molecule has 4 N–H and O–H groups in total. The number of methoxy groups -OCH3 is 1. The lowest BCUT2D eigenvalue weighted by atomic mass is 10.1. The molecule has 1 rings (SSSR count). The topological polar surface area (TPSA) is 93.4 Å². The number of nitrogens with two attached hydrogens (primary N) is 1. The molecule has 1 aromatic carbocycles. The molecule has 0 bridgehead atoms. The van der Waals surface area contributed by atoms with E-state index in [-0.39, 0.29) is 24.5 Å². The molecule has 0 aliphatic heterocycles. The Bertz CT molecular complexity index is 476. The van der Waals surface area contributed by atoms with Gasteiger partial charge in [-0.2, -0.15) is 0 Å². The van der Waals surface area contributed by atoms with E-state index in [9.17, 15) is 9.59 Å². The first kappa shape index (κ1) is 16.1. The molecule has 0 aliphatic carbocycles. The predicted molar refractivity (Wildman–Crippen MR) is 77.2 cm³/mol. The third-order valence-electron chi connectivity index (χ3n) is 2.75. The van der Waals surface area contributed by atoms with Crippen molar-refractivity contribution in [3.05, 3.63) is 29.8 Å². The summed E-state index contributed by atoms with van der Waals surface area (Å²) < 4.78 is 4.84. The lowest BCUT2D eigenvalue weighted by Crippen LogP contribution is -2.44. The van der Waals surface area contributed by atoms with Crippen LogP contribution in [0.4, 0.5) is 5.69 Å². The van der Waals surface area contributed by atoms with Crippen LogP contribution in [-0.2, 0) is 14.3 Å². The monoisotopic (exact) mass is 279 g/mol. The number of anilines is 1. The molecule has 0 saturated heterocycles. The van der Waals surface area contributed by atoms with Crippen LogP contribution in [0.3, 0.4) is 0 Å². The Hall–Kier alpha value is -1.92. The fourth-order valence-corrected chi connectivity index (χ4v) is 1.75. The van der Waals surface area contributed by atoms with Crippen LogP contribution in [-0.4, -0.2) is 31.6 Å². The molecule has 0 radical (unpaired) electrons. The normalized spacial score (nSPS) is 13.4. The molecule has 6 nitrogen and oxygen atoms in total. The number of ether oxygens (including phenoxy) is 1. The van der Waals surface area contributed by atoms with Crippen LogP contribution in [0.25, 0.3) is 0 Å². The third-order valence-corrected chi connectivity index (χ3v) is 2.75. The van der Waals surface area contributed by atoms with E-state index in [1.54, 1.807) is 6.07 Å². The molecule has 2 atom stereocenters. The maximum atomic E-state index is 11.8. The summed E-state index contributed by atoms with van der Waals surface area (Å²) in [4.78, 5) is 22.8. The molecule has 1 aromatic rings. The molecule has 0 fully saturated rings. The summed E-state index contributed by atoms with van der Waals surface area (Å²) in [5, 5.41) is 5.50. The van der Waals surface area contributed by atoms with Gasteiger partial charge >= 0.3 is 0 Å². The number of amides is 2. The van der Waals surface area contributed by atoms with E-state index in [4.69, 9.17) is 10.5 Å². The van der Waals surface area contributed by atoms with E-state index >= 15 is 0 Å². The van der Waals surface area contributed by atoms with Gasteiger partial charge in [0, 0.05) is 19.7 Å².